The fraction of sp³-hybridized carbons (Fsp3) is 0.0333. The molecule has 0 amide bonds. The van der Waals surface area contributed by atoms with Crippen LogP contribution in [0.15, 0.2) is 228 Å². The Morgan fingerprint density at radius 3 is 1.78 bits per heavy atom. The summed E-state index contributed by atoms with van der Waals surface area (Å²) in [7, 11) is 0. The average molecular weight is 863 g/mol. The summed E-state index contributed by atoms with van der Waals surface area (Å²) in [5.41, 5.74) is 21.6. The Bertz CT molecular complexity index is 3570. The van der Waals surface area contributed by atoms with Crippen molar-refractivity contribution < 1.29 is 0 Å². The molecular weight excluding hydrogens is 824 g/mol. The number of hydrogen-bond donors (Lipinski definition) is 0. The highest BCUT2D eigenvalue weighted by atomic mass is 32.2. The molecule has 0 N–H and O–H groups in total. The Kier molecular flexibility index (Phi) is 8.11. The molecule has 10 aromatic carbocycles. The SMILES string of the molecule is Cc1ccc2c(c1)-c1cc3cc4c1B(S2)Sc1ccc(cc1-4)-c1cccc(c1)N(c1ccc2ccccc2c1)c1ccc2c(c1)N3c1ccccc1C2(c1ccccc1)c1ccccc1. The molecule has 0 aliphatic carbocycles. The molecule has 0 atom stereocenters. The van der Waals surface area contributed by atoms with Crippen LogP contribution < -0.4 is 15.3 Å². The molecule has 4 aliphatic rings. The fourth-order valence-corrected chi connectivity index (χ4v) is 14.2. The van der Waals surface area contributed by atoms with Gasteiger partial charge in [-0.05, 0) is 152 Å². The summed E-state index contributed by atoms with van der Waals surface area (Å²) in [5, 5.41) is 2.68. The van der Waals surface area contributed by atoms with Crippen LogP contribution in [0.2, 0.25) is 0 Å². The lowest BCUT2D eigenvalue weighted by Crippen LogP contribution is -2.38. The number of para-hydroxylation sites is 1. The highest BCUT2D eigenvalue weighted by molar-refractivity contribution is 8.56. The van der Waals surface area contributed by atoms with E-state index >= 15 is 0 Å². The smallest absolute Gasteiger partial charge is 0.310 e. The molecule has 65 heavy (non-hydrogen) atoms. The first-order valence-electron chi connectivity index (χ1n) is 22.4. The number of rotatable bonds is 3. The van der Waals surface area contributed by atoms with E-state index in [1.165, 1.54) is 92.9 Å². The van der Waals surface area contributed by atoms with Crippen LogP contribution in [0.5, 0.6) is 0 Å². The third-order valence-electron chi connectivity index (χ3n) is 14.1. The van der Waals surface area contributed by atoms with Crippen LogP contribution in [-0.4, -0.2) is 5.27 Å². The van der Waals surface area contributed by atoms with Crippen molar-refractivity contribution in [2.45, 2.75) is 22.1 Å². The van der Waals surface area contributed by atoms with Crippen LogP contribution in [0, 0.1) is 6.92 Å². The van der Waals surface area contributed by atoms with Crippen LogP contribution in [0.25, 0.3) is 44.2 Å². The van der Waals surface area contributed by atoms with E-state index in [1.807, 2.05) is 23.2 Å². The van der Waals surface area contributed by atoms with Crippen molar-refractivity contribution in [3.05, 3.63) is 246 Å². The summed E-state index contributed by atoms with van der Waals surface area (Å²) in [5.74, 6) is 0. The number of hydrogen-bond acceptors (Lipinski definition) is 4. The first-order chi connectivity index (χ1) is 32.1. The highest BCUT2D eigenvalue weighted by Crippen LogP contribution is 2.60. The Morgan fingerprint density at radius 1 is 0.385 bits per heavy atom. The summed E-state index contributed by atoms with van der Waals surface area (Å²) in [6.45, 7) is 2.23. The normalized spacial score (nSPS) is 14.4. The molecule has 2 nitrogen and oxygen atoms in total. The summed E-state index contributed by atoms with van der Waals surface area (Å²) < 4.78 is 0. The maximum Gasteiger partial charge on any atom is 0.318 e. The Balaban J connectivity index is 1.15. The molecular formula is C60H39BN2S2. The lowest BCUT2D eigenvalue weighted by Gasteiger charge is -2.47. The van der Waals surface area contributed by atoms with Crippen molar-refractivity contribution in [3.8, 4) is 33.4 Å². The van der Waals surface area contributed by atoms with Crippen molar-refractivity contribution in [2.75, 3.05) is 9.80 Å². The lowest BCUT2D eigenvalue weighted by molar-refractivity contribution is 0.731. The van der Waals surface area contributed by atoms with Crippen molar-refractivity contribution >= 4 is 78.9 Å². The summed E-state index contributed by atoms with van der Waals surface area (Å²) in [6.07, 6.45) is 0. The number of anilines is 6. The van der Waals surface area contributed by atoms with Gasteiger partial charge in [-0.15, -0.1) is 0 Å². The Morgan fingerprint density at radius 2 is 1.00 bits per heavy atom. The van der Waals surface area contributed by atoms with E-state index in [1.54, 1.807) is 0 Å². The van der Waals surface area contributed by atoms with Crippen LogP contribution in [0.1, 0.15) is 27.8 Å². The third kappa shape index (κ3) is 5.46. The second-order valence-corrected chi connectivity index (χ2v) is 20.3. The van der Waals surface area contributed by atoms with Gasteiger partial charge in [0.05, 0.1) is 16.8 Å². The van der Waals surface area contributed by atoms with Crippen molar-refractivity contribution in [1.82, 2.24) is 0 Å². The molecule has 14 rings (SSSR count). The van der Waals surface area contributed by atoms with Crippen LogP contribution >= 0.6 is 23.2 Å². The van der Waals surface area contributed by atoms with Gasteiger partial charge in [-0.2, -0.15) is 23.2 Å². The second-order valence-electron chi connectivity index (χ2n) is 17.7. The first kappa shape index (κ1) is 37.2. The molecule has 0 fully saturated rings. The maximum atomic E-state index is 2.59. The topological polar surface area (TPSA) is 6.48 Å². The molecule has 0 aromatic heterocycles. The van der Waals surface area contributed by atoms with Gasteiger partial charge in [0.15, 0.2) is 0 Å². The monoisotopic (exact) mass is 862 g/mol. The van der Waals surface area contributed by atoms with Gasteiger partial charge < -0.3 is 9.80 Å². The van der Waals surface area contributed by atoms with Gasteiger partial charge in [-0.1, -0.05) is 151 Å². The summed E-state index contributed by atoms with van der Waals surface area (Å²) in [4.78, 5) is 7.72. The molecule has 4 heterocycles. The van der Waals surface area contributed by atoms with Crippen LogP contribution in [-0.2, 0) is 5.41 Å². The molecule has 4 aliphatic heterocycles. The fourth-order valence-electron chi connectivity index (χ4n) is 11.3. The van der Waals surface area contributed by atoms with Crippen molar-refractivity contribution in [3.63, 3.8) is 0 Å². The minimum absolute atomic E-state index is 0.247. The number of nitrogens with zero attached hydrogens (tertiary/aromatic N) is 2. The van der Waals surface area contributed by atoms with E-state index < -0.39 is 5.41 Å². The van der Waals surface area contributed by atoms with Gasteiger partial charge in [0.2, 0.25) is 0 Å². The minimum Gasteiger partial charge on any atom is -0.310 e. The van der Waals surface area contributed by atoms with E-state index in [4.69, 9.17) is 0 Å². The zero-order valence-corrected chi connectivity index (χ0v) is 37.2. The van der Waals surface area contributed by atoms with Gasteiger partial charge in [0.1, 0.15) is 0 Å². The van der Waals surface area contributed by atoms with E-state index in [0.29, 0.717) is 0 Å². The van der Waals surface area contributed by atoms with Crippen LogP contribution in [0.3, 0.4) is 0 Å². The van der Waals surface area contributed by atoms with Gasteiger partial charge in [0, 0.05) is 32.5 Å². The molecule has 8 bridgehead atoms. The van der Waals surface area contributed by atoms with E-state index in [-0.39, 0.29) is 5.27 Å². The molecule has 0 saturated heterocycles. The zero-order valence-electron chi connectivity index (χ0n) is 35.6. The largest absolute Gasteiger partial charge is 0.318 e. The highest BCUT2D eigenvalue weighted by Gasteiger charge is 2.47. The van der Waals surface area contributed by atoms with Gasteiger partial charge in [-0.3, -0.25) is 0 Å². The summed E-state index contributed by atoms with van der Waals surface area (Å²) in [6, 6.07) is 82.7. The summed E-state index contributed by atoms with van der Waals surface area (Å²) >= 11 is 4.01. The molecule has 0 radical (unpaired) electrons. The number of fused-ring (bicyclic) bond motifs is 12. The van der Waals surface area contributed by atoms with E-state index in [0.717, 1.165) is 28.4 Å². The quantitative estimate of drug-likeness (QED) is 0.163. The van der Waals surface area contributed by atoms with E-state index in [9.17, 15) is 0 Å². The van der Waals surface area contributed by atoms with Crippen LogP contribution in [0.4, 0.5) is 34.1 Å². The molecule has 0 saturated carbocycles. The average Bonchev–Trinajstić information content (AvgIpc) is 3.36. The zero-order chi connectivity index (χ0) is 42.8. The molecule has 0 unspecified atom stereocenters. The standard InChI is InChI=1S/C60H39BN2S2/c1-38-23-29-57-49(31-38)51-35-48-36-52-50-34-42(25-30-58(50)65-61(64-57)59(51)52)41-15-12-20-45(33-41)62(46-26-24-39-13-8-9-14-40(39)32-46)47-27-28-54-56(37-47)63(48)55-22-11-10-21-53(55)60(54,43-16-4-2-5-17-43)44-18-6-3-7-19-44/h2-37H,1H3. The lowest BCUT2D eigenvalue weighted by atomic mass is 9.62. The Labute approximate surface area is 388 Å². The van der Waals surface area contributed by atoms with E-state index in [2.05, 4.69) is 235 Å². The first-order valence-corrected chi connectivity index (χ1v) is 24.2. The van der Waals surface area contributed by atoms with Crippen molar-refractivity contribution in [2.24, 2.45) is 0 Å². The predicted octanol–water partition coefficient (Wildman–Crippen LogP) is 16.0. The van der Waals surface area contributed by atoms with Gasteiger partial charge in [-0.25, -0.2) is 0 Å². The van der Waals surface area contributed by atoms with Gasteiger partial charge in [0.25, 0.3) is 0 Å². The molecule has 0 spiro atoms. The van der Waals surface area contributed by atoms with Crippen molar-refractivity contribution in [1.29, 1.82) is 0 Å². The third-order valence-corrected chi connectivity index (χ3v) is 16.8. The molecule has 10 aromatic rings. The second kappa shape index (κ2) is 14.2. The van der Waals surface area contributed by atoms with Gasteiger partial charge >= 0.3 is 5.27 Å². The minimum atomic E-state index is -0.616. The maximum absolute atomic E-state index is 2.59. The number of benzene rings is 10. The Hall–Kier alpha value is -7.18. The molecule has 304 valence electrons. The number of aryl methyl sites for hydroxylation is 1. The predicted molar refractivity (Wildman–Crippen MR) is 277 cm³/mol. The molecule has 5 heteroatoms.